The van der Waals surface area contributed by atoms with Gasteiger partial charge in [0.05, 0.1) is 29.4 Å². The number of H-pyrrole nitrogens is 2. The maximum atomic E-state index is 12.9. The Morgan fingerprint density at radius 3 is 2.87 bits per heavy atom. The molecule has 0 bridgehead atoms. The highest BCUT2D eigenvalue weighted by Crippen LogP contribution is 2.30. The van der Waals surface area contributed by atoms with Gasteiger partial charge in [0, 0.05) is 12.0 Å². The second-order valence-corrected chi connectivity index (χ2v) is 7.92. The van der Waals surface area contributed by atoms with Crippen molar-refractivity contribution in [2.45, 2.75) is 26.3 Å². The average molecular weight is 401 g/mol. The van der Waals surface area contributed by atoms with Crippen LogP contribution in [0.1, 0.15) is 41.8 Å². The quantitative estimate of drug-likeness (QED) is 0.471. The number of nitrogens with zero attached hydrogens (tertiary/aromatic N) is 2. The molecule has 4 aromatic rings. The van der Waals surface area contributed by atoms with Crippen LogP contribution < -0.4 is 10.1 Å². The van der Waals surface area contributed by atoms with E-state index in [1.54, 1.807) is 6.07 Å². The number of ether oxygens (including phenoxy) is 1. The number of aromatic amines is 2. The lowest BCUT2D eigenvalue weighted by molar-refractivity contribution is 0.0918. The van der Waals surface area contributed by atoms with Gasteiger partial charge in [0.1, 0.15) is 17.3 Å². The molecule has 0 saturated heterocycles. The SMILES string of the molecule is CC(C)[C@H](NC(=O)c1cc(-c2ccc3c(c2)CCO3)n[nH]1)c1nc2ccccc2[nH]1. The number of imidazole rings is 1. The minimum Gasteiger partial charge on any atom is -0.493 e. The van der Waals surface area contributed by atoms with Gasteiger partial charge in [-0.3, -0.25) is 9.89 Å². The van der Waals surface area contributed by atoms with E-state index in [-0.39, 0.29) is 17.9 Å². The lowest BCUT2D eigenvalue weighted by Crippen LogP contribution is -2.32. The molecule has 0 unspecified atom stereocenters. The van der Waals surface area contributed by atoms with Crippen molar-refractivity contribution >= 4 is 16.9 Å². The zero-order valence-electron chi connectivity index (χ0n) is 16.9. The van der Waals surface area contributed by atoms with Crippen molar-refractivity contribution in [2.75, 3.05) is 6.61 Å². The molecule has 7 nitrogen and oxygen atoms in total. The van der Waals surface area contributed by atoms with Crippen LogP contribution in [0.2, 0.25) is 0 Å². The Morgan fingerprint density at radius 2 is 2.03 bits per heavy atom. The molecule has 0 radical (unpaired) electrons. The fourth-order valence-corrected chi connectivity index (χ4v) is 3.82. The first-order valence-electron chi connectivity index (χ1n) is 10.2. The highest BCUT2D eigenvalue weighted by molar-refractivity contribution is 5.93. The van der Waals surface area contributed by atoms with Gasteiger partial charge in [0.15, 0.2) is 0 Å². The number of benzene rings is 2. The van der Waals surface area contributed by atoms with Gasteiger partial charge in [-0.25, -0.2) is 4.98 Å². The number of rotatable bonds is 5. The largest absolute Gasteiger partial charge is 0.493 e. The van der Waals surface area contributed by atoms with Crippen LogP contribution in [0.5, 0.6) is 5.75 Å². The second kappa shape index (κ2) is 7.33. The van der Waals surface area contributed by atoms with Crippen molar-refractivity contribution in [3.63, 3.8) is 0 Å². The Morgan fingerprint density at radius 1 is 1.17 bits per heavy atom. The molecule has 0 fully saturated rings. The summed E-state index contributed by atoms with van der Waals surface area (Å²) >= 11 is 0. The van der Waals surface area contributed by atoms with Gasteiger partial charge in [-0.15, -0.1) is 0 Å². The molecule has 30 heavy (non-hydrogen) atoms. The van der Waals surface area contributed by atoms with Gasteiger partial charge in [0.25, 0.3) is 5.91 Å². The molecule has 2 aromatic heterocycles. The molecule has 152 valence electrons. The number of hydrogen-bond acceptors (Lipinski definition) is 4. The number of amides is 1. The molecule has 3 N–H and O–H groups in total. The molecule has 5 rings (SSSR count). The number of hydrogen-bond donors (Lipinski definition) is 3. The summed E-state index contributed by atoms with van der Waals surface area (Å²) in [5.74, 6) is 1.63. The van der Waals surface area contributed by atoms with Gasteiger partial charge in [-0.2, -0.15) is 5.10 Å². The molecule has 1 atom stereocenters. The third kappa shape index (κ3) is 3.32. The van der Waals surface area contributed by atoms with Crippen LogP contribution in [0.4, 0.5) is 0 Å². The number of para-hydroxylation sites is 2. The summed E-state index contributed by atoms with van der Waals surface area (Å²) in [6, 6.07) is 15.4. The maximum absolute atomic E-state index is 12.9. The van der Waals surface area contributed by atoms with Gasteiger partial charge in [-0.1, -0.05) is 26.0 Å². The number of carbonyl (C=O) groups excluding carboxylic acids is 1. The first kappa shape index (κ1) is 18.4. The van der Waals surface area contributed by atoms with Crippen molar-refractivity contribution in [1.29, 1.82) is 0 Å². The predicted molar refractivity (Wildman–Crippen MR) is 114 cm³/mol. The van der Waals surface area contributed by atoms with Gasteiger partial charge < -0.3 is 15.0 Å². The molecule has 7 heteroatoms. The van der Waals surface area contributed by atoms with E-state index in [2.05, 4.69) is 45.4 Å². The van der Waals surface area contributed by atoms with Crippen molar-refractivity contribution in [1.82, 2.24) is 25.5 Å². The van der Waals surface area contributed by atoms with E-state index in [9.17, 15) is 4.79 Å². The fraction of sp³-hybridized carbons (Fsp3) is 0.261. The molecule has 1 aliphatic heterocycles. The first-order valence-corrected chi connectivity index (χ1v) is 10.2. The van der Waals surface area contributed by atoms with Crippen LogP contribution >= 0.6 is 0 Å². The average Bonchev–Trinajstić information content (AvgIpc) is 3.49. The Bertz CT molecular complexity index is 1190. The zero-order valence-corrected chi connectivity index (χ0v) is 16.9. The number of fused-ring (bicyclic) bond motifs is 2. The van der Waals surface area contributed by atoms with E-state index in [4.69, 9.17) is 4.74 Å². The summed E-state index contributed by atoms with van der Waals surface area (Å²) in [5, 5.41) is 10.3. The summed E-state index contributed by atoms with van der Waals surface area (Å²) in [4.78, 5) is 20.9. The van der Waals surface area contributed by atoms with Crippen molar-refractivity contribution in [3.8, 4) is 17.0 Å². The van der Waals surface area contributed by atoms with Gasteiger partial charge >= 0.3 is 0 Å². The first-order chi connectivity index (χ1) is 14.6. The summed E-state index contributed by atoms with van der Waals surface area (Å²) in [5.41, 5.74) is 5.13. The van der Waals surface area contributed by atoms with E-state index >= 15 is 0 Å². The van der Waals surface area contributed by atoms with Crippen LogP contribution in [0.25, 0.3) is 22.3 Å². The number of aromatic nitrogens is 4. The standard InChI is InChI=1S/C23H23N5O2/c1-13(2)21(22-24-16-5-3-4-6-17(16)25-22)26-23(29)19-12-18(27-28-19)14-7-8-20-15(11-14)9-10-30-20/h3-8,11-13,21H,9-10H2,1-2H3,(H,24,25)(H,26,29)(H,27,28)/t21-/m0/s1. The lowest BCUT2D eigenvalue weighted by Gasteiger charge is -2.19. The predicted octanol–water partition coefficient (Wildman–Crippen LogP) is 4.02. The molecular formula is C23H23N5O2. The van der Waals surface area contributed by atoms with Crippen LogP contribution in [-0.2, 0) is 6.42 Å². The summed E-state index contributed by atoms with van der Waals surface area (Å²) in [6.07, 6.45) is 0.897. The third-order valence-electron chi connectivity index (χ3n) is 5.46. The van der Waals surface area contributed by atoms with Gasteiger partial charge in [0.2, 0.25) is 0 Å². The smallest absolute Gasteiger partial charge is 0.269 e. The van der Waals surface area contributed by atoms with E-state index in [1.165, 1.54) is 5.56 Å². The summed E-state index contributed by atoms with van der Waals surface area (Å²) < 4.78 is 5.56. The minimum absolute atomic E-state index is 0.161. The Kier molecular flexibility index (Phi) is 4.50. The molecule has 0 aliphatic carbocycles. The lowest BCUT2D eigenvalue weighted by atomic mass is 10.0. The van der Waals surface area contributed by atoms with E-state index in [1.807, 2.05) is 36.4 Å². The van der Waals surface area contributed by atoms with Crippen molar-refractivity contribution < 1.29 is 9.53 Å². The van der Waals surface area contributed by atoms with E-state index < -0.39 is 0 Å². The van der Waals surface area contributed by atoms with E-state index in [0.717, 1.165) is 40.3 Å². The van der Waals surface area contributed by atoms with Gasteiger partial charge in [-0.05, 0) is 47.9 Å². The minimum atomic E-state index is -0.242. The Balaban J connectivity index is 1.37. The normalized spacial score (nSPS) is 14.0. The summed E-state index contributed by atoms with van der Waals surface area (Å²) in [6.45, 7) is 4.83. The summed E-state index contributed by atoms with van der Waals surface area (Å²) in [7, 11) is 0. The topological polar surface area (TPSA) is 95.7 Å². The molecule has 0 saturated carbocycles. The fourth-order valence-electron chi connectivity index (χ4n) is 3.82. The van der Waals surface area contributed by atoms with Crippen molar-refractivity contribution in [3.05, 3.63) is 65.6 Å². The third-order valence-corrected chi connectivity index (χ3v) is 5.46. The van der Waals surface area contributed by atoms with Crippen LogP contribution in [0, 0.1) is 5.92 Å². The highest BCUT2D eigenvalue weighted by atomic mass is 16.5. The van der Waals surface area contributed by atoms with Crippen molar-refractivity contribution in [2.24, 2.45) is 5.92 Å². The molecule has 1 amide bonds. The van der Waals surface area contributed by atoms with Crippen LogP contribution in [0.15, 0.2) is 48.5 Å². The Hall–Kier alpha value is -3.61. The zero-order chi connectivity index (χ0) is 20.7. The molecular weight excluding hydrogens is 378 g/mol. The van der Waals surface area contributed by atoms with E-state index in [0.29, 0.717) is 12.3 Å². The second-order valence-electron chi connectivity index (χ2n) is 7.92. The molecule has 0 spiro atoms. The molecule has 2 aromatic carbocycles. The van der Waals surface area contributed by atoms with Crippen LogP contribution in [-0.4, -0.2) is 32.7 Å². The monoisotopic (exact) mass is 401 g/mol. The number of carbonyl (C=O) groups is 1. The Labute approximate surface area is 173 Å². The van der Waals surface area contributed by atoms with Crippen LogP contribution in [0.3, 0.4) is 0 Å². The molecule has 3 heterocycles. The molecule has 1 aliphatic rings. The number of nitrogens with one attached hydrogen (secondary N) is 3. The maximum Gasteiger partial charge on any atom is 0.269 e. The highest BCUT2D eigenvalue weighted by Gasteiger charge is 2.23.